The highest BCUT2D eigenvalue weighted by molar-refractivity contribution is 5.83. The van der Waals surface area contributed by atoms with Crippen molar-refractivity contribution >= 4 is 5.97 Å². The maximum atomic E-state index is 12.7. The van der Waals surface area contributed by atoms with Gasteiger partial charge in [0.25, 0.3) is 0 Å². The van der Waals surface area contributed by atoms with Crippen molar-refractivity contribution in [2.45, 2.75) is 18.0 Å². The Morgan fingerprint density at radius 1 is 0.952 bits per heavy atom. The van der Waals surface area contributed by atoms with Crippen LogP contribution in [-0.2, 0) is 4.79 Å². The minimum atomic E-state index is -6.54. The Hall–Kier alpha value is -1.91. The summed E-state index contributed by atoms with van der Waals surface area (Å²) in [6, 6.07) is 0.676. The van der Waals surface area contributed by atoms with Gasteiger partial charge in [-0.3, -0.25) is 4.79 Å². The van der Waals surface area contributed by atoms with Crippen molar-refractivity contribution in [3.05, 3.63) is 29.8 Å². The summed E-state index contributed by atoms with van der Waals surface area (Å²) in [6.07, 6.45) is -13.1. The summed E-state index contributed by atoms with van der Waals surface area (Å²) in [5, 5.41) is 10.9. The van der Waals surface area contributed by atoms with Gasteiger partial charge in [0, 0.05) is 6.07 Å². The molecular weight excluding hydrogens is 320 g/mol. The Kier molecular flexibility index (Phi) is 4.19. The van der Waals surface area contributed by atoms with Gasteiger partial charge in [-0.15, -0.1) is 0 Å². The van der Waals surface area contributed by atoms with E-state index in [0.29, 0.717) is 6.07 Å². The predicted octanol–water partition coefficient (Wildman–Crippen LogP) is 2.09. The molecule has 0 aliphatic carbocycles. The van der Waals surface area contributed by atoms with Crippen LogP contribution in [-0.4, -0.2) is 23.9 Å². The SMILES string of the molecule is O=C(Oc1ccc(F)c(F)c1)C([O-])(C(F)(F)F)C(F)(F)F. The molecule has 1 rings (SSSR count). The summed E-state index contributed by atoms with van der Waals surface area (Å²) in [5.41, 5.74) is -6.05. The largest absolute Gasteiger partial charge is 0.828 e. The van der Waals surface area contributed by atoms with E-state index >= 15 is 0 Å². The van der Waals surface area contributed by atoms with E-state index in [9.17, 15) is 45.0 Å². The molecule has 0 radical (unpaired) electrons. The highest BCUT2D eigenvalue weighted by atomic mass is 19.4. The normalized spacial score (nSPS) is 13.2. The molecule has 0 aromatic heterocycles. The van der Waals surface area contributed by atoms with Crippen LogP contribution in [0.5, 0.6) is 5.75 Å². The van der Waals surface area contributed by atoms with E-state index in [1.807, 2.05) is 0 Å². The van der Waals surface area contributed by atoms with Gasteiger partial charge in [-0.2, -0.15) is 26.3 Å². The Morgan fingerprint density at radius 2 is 1.43 bits per heavy atom. The van der Waals surface area contributed by atoms with Gasteiger partial charge < -0.3 is 9.84 Å². The highest BCUT2D eigenvalue weighted by Gasteiger charge is 2.68. The quantitative estimate of drug-likeness (QED) is 0.476. The number of halogens is 8. The number of rotatable bonds is 2. The Morgan fingerprint density at radius 3 is 1.81 bits per heavy atom. The van der Waals surface area contributed by atoms with Crippen molar-refractivity contribution in [1.29, 1.82) is 0 Å². The van der Waals surface area contributed by atoms with Crippen molar-refractivity contribution in [2.75, 3.05) is 0 Å². The number of alkyl halides is 6. The zero-order valence-corrected chi connectivity index (χ0v) is 9.48. The smallest absolute Gasteiger partial charge is 0.399 e. The van der Waals surface area contributed by atoms with E-state index in [1.165, 1.54) is 0 Å². The summed E-state index contributed by atoms with van der Waals surface area (Å²) in [6.45, 7) is 0. The van der Waals surface area contributed by atoms with E-state index in [-0.39, 0.29) is 12.1 Å². The number of benzene rings is 1. The zero-order chi connectivity index (χ0) is 16.6. The molecule has 1 aromatic rings. The predicted molar refractivity (Wildman–Crippen MR) is 46.8 cm³/mol. The molecule has 0 bridgehead atoms. The molecule has 0 fully saturated rings. The van der Waals surface area contributed by atoms with Crippen LogP contribution in [0.4, 0.5) is 35.1 Å². The lowest BCUT2D eigenvalue weighted by atomic mass is 10.0. The Labute approximate surface area is 110 Å². The van der Waals surface area contributed by atoms with Gasteiger partial charge in [-0.25, -0.2) is 8.78 Å². The fourth-order valence-corrected chi connectivity index (χ4v) is 1.11. The molecule has 118 valence electrons. The van der Waals surface area contributed by atoms with Gasteiger partial charge in [0.15, 0.2) is 17.2 Å². The molecule has 1 aromatic carbocycles. The van der Waals surface area contributed by atoms with Gasteiger partial charge in [-0.05, 0) is 12.1 Å². The van der Waals surface area contributed by atoms with Crippen LogP contribution in [0.15, 0.2) is 18.2 Å². The second-order valence-electron chi connectivity index (χ2n) is 3.64. The van der Waals surface area contributed by atoms with Crippen LogP contribution < -0.4 is 9.84 Å². The number of hydrogen-bond donors (Lipinski definition) is 0. The van der Waals surface area contributed by atoms with E-state index in [1.54, 1.807) is 0 Å². The first-order valence-corrected chi connectivity index (χ1v) is 4.82. The van der Waals surface area contributed by atoms with E-state index in [2.05, 4.69) is 4.74 Å². The molecule has 0 unspecified atom stereocenters. The first-order chi connectivity index (χ1) is 9.30. The number of hydrogen-bond acceptors (Lipinski definition) is 3. The first-order valence-electron chi connectivity index (χ1n) is 4.82. The van der Waals surface area contributed by atoms with Crippen molar-refractivity contribution in [2.24, 2.45) is 0 Å². The third-order valence-corrected chi connectivity index (χ3v) is 2.19. The molecule has 0 saturated heterocycles. The molecule has 0 spiro atoms. The third-order valence-electron chi connectivity index (χ3n) is 2.19. The lowest BCUT2D eigenvalue weighted by Crippen LogP contribution is -2.72. The molecule has 0 aliphatic rings. The van der Waals surface area contributed by atoms with Crippen LogP contribution in [0, 0.1) is 11.6 Å². The summed E-state index contributed by atoms with van der Waals surface area (Å²) in [4.78, 5) is 10.9. The monoisotopic (exact) mass is 323 g/mol. The van der Waals surface area contributed by atoms with Crippen LogP contribution in [0.1, 0.15) is 0 Å². The number of carbonyl (C=O) groups excluding carboxylic acids is 1. The standard InChI is InChI=1S/C10H3F8O3/c11-5-2-1-4(3-6(5)12)21-7(19)8(20,9(13,14)15)10(16,17)18/h1-3H/q-1. The molecule has 0 aliphatic heterocycles. The van der Waals surface area contributed by atoms with Gasteiger partial charge in [-0.1, -0.05) is 0 Å². The van der Waals surface area contributed by atoms with Crippen molar-refractivity contribution in [3.8, 4) is 5.75 Å². The van der Waals surface area contributed by atoms with Gasteiger partial charge in [0.1, 0.15) is 5.75 Å². The molecular formula is C10H3F8O3-. The zero-order valence-electron chi connectivity index (χ0n) is 9.48. The lowest BCUT2D eigenvalue weighted by Gasteiger charge is -2.39. The first kappa shape index (κ1) is 17.1. The average Bonchev–Trinajstić information content (AvgIpc) is 2.29. The number of carbonyl (C=O) groups is 1. The summed E-state index contributed by atoms with van der Waals surface area (Å²) in [5.74, 6) is -7.63. The Balaban J connectivity index is 3.17. The molecule has 11 heteroatoms. The van der Waals surface area contributed by atoms with Crippen LogP contribution in [0.2, 0.25) is 0 Å². The van der Waals surface area contributed by atoms with E-state index in [0.717, 1.165) is 0 Å². The van der Waals surface area contributed by atoms with E-state index in [4.69, 9.17) is 0 Å². The van der Waals surface area contributed by atoms with Crippen LogP contribution in [0.25, 0.3) is 0 Å². The lowest BCUT2D eigenvalue weighted by molar-refractivity contribution is -0.573. The van der Waals surface area contributed by atoms with Crippen molar-refractivity contribution in [1.82, 2.24) is 0 Å². The molecule has 0 saturated carbocycles. The Bertz CT molecular complexity index is 534. The third kappa shape index (κ3) is 3.06. The van der Waals surface area contributed by atoms with Crippen LogP contribution in [0.3, 0.4) is 0 Å². The second-order valence-corrected chi connectivity index (χ2v) is 3.64. The highest BCUT2D eigenvalue weighted by Crippen LogP contribution is 2.41. The maximum Gasteiger partial charge on any atom is 0.399 e. The maximum absolute atomic E-state index is 12.7. The molecule has 0 N–H and O–H groups in total. The molecule has 21 heavy (non-hydrogen) atoms. The van der Waals surface area contributed by atoms with Gasteiger partial charge in [0.2, 0.25) is 0 Å². The summed E-state index contributed by atoms with van der Waals surface area (Å²) in [7, 11) is 0. The molecule has 0 heterocycles. The fourth-order valence-electron chi connectivity index (χ4n) is 1.11. The van der Waals surface area contributed by atoms with E-state index < -0.39 is 41.3 Å². The second kappa shape index (κ2) is 5.13. The minimum absolute atomic E-state index is 0.0143. The average molecular weight is 323 g/mol. The fraction of sp³-hybridized carbons (Fsp3) is 0.300. The molecule has 3 nitrogen and oxygen atoms in total. The molecule has 0 amide bonds. The molecule has 0 atom stereocenters. The summed E-state index contributed by atoms with van der Waals surface area (Å²) < 4.78 is 102. The minimum Gasteiger partial charge on any atom is -0.828 e. The van der Waals surface area contributed by atoms with Gasteiger partial charge in [0.05, 0.1) is 0 Å². The van der Waals surface area contributed by atoms with Crippen molar-refractivity contribution < 1.29 is 49.8 Å². The number of esters is 1. The number of ether oxygens (including phenoxy) is 1. The summed E-state index contributed by atoms with van der Waals surface area (Å²) >= 11 is 0. The van der Waals surface area contributed by atoms with Crippen LogP contribution >= 0.6 is 0 Å². The van der Waals surface area contributed by atoms with Crippen molar-refractivity contribution in [3.63, 3.8) is 0 Å². The topological polar surface area (TPSA) is 49.4 Å². The van der Waals surface area contributed by atoms with Gasteiger partial charge >= 0.3 is 18.3 Å².